The molecular weight excluding hydrogens is 162 g/mol. The number of hydrogen-bond donors (Lipinski definition) is 1. The van der Waals surface area contributed by atoms with Crippen molar-refractivity contribution in [2.24, 2.45) is 0 Å². The van der Waals surface area contributed by atoms with Crippen molar-refractivity contribution in [2.45, 2.75) is 6.92 Å². The summed E-state index contributed by atoms with van der Waals surface area (Å²) in [6, 6.07) is 1.47. The molecule has 0 saturated heterocycles. The van der Waals surface area contributed by atoms with Crippen LogP contribution in [-0.4, -0.2) is 4.98 Å². The molecule has 4 heteroatoms. The lowest BCUT2D eigenvalue weighted by Crippen LogP contribution is -1.91. The molecule has 0 aliphatic heterocycles. The summed E-state index contributed by atoms with van der Waals surface area (Å²) in [5, 5.41) is 0.366. The SMILES string of the molecule is [C-]#[N+]c1c(Cl)cc(N)nc1C. The van der Waals surface area contributed by atoms with E-state index in [0.717, 1.165) is 0 Å². The Morgan fingerprint density at radius 1 is 1.73 bits per heavy atom. The van der Waals surface area contributed by atoms with Gasteiger partial charge in [-0.1, -0.05) is 11.6 Å². The van der Waals surface area contributed by atoms with E-state index < -0.39 is 0 Å². The van der Waals surface area contributed by atoms with Crippen LogP contribution in [0.15, 0.2) is 6.07 Å². The number of hydrogen-bond acceptors (Lipinski definition) is 2. The molecule has 2 N–H and O–H groups in total. The minimum Gasteiger partial charge on any atom is -0.384 e. The van der Waals surface area contributed by atoms with Crippen LogP contribution in [0, 0.1) is 13.5 Å². The highest BCUT2D eigenvalue weighted by Crippen LogP contribution is 2.28. The third kappa shape index (κ3) is 1.41. The monoisotopic (exact) mass is 167 g/mol. The second-order valence-corrected chi connectivity index (χ2v) is 2.48. The number of pyridine rings is 1. The fourth-order valence-corrected chi connectivity index (χ4v) is 1.07. The molecule has 0 saturated carbocycles. The number of aryl methyl sites for hydroxylation is 1. The molecule has 56 valence electrons. The second kappa shape index (κ2) is 2.77. The summed E-state index contributed by atoms with van der Waals surface area (Å²) in [4.78, 5) is 7.10. The van der Waals surface area contributed by atoms with E-state index in [2.05, 4.69) is 9.83 Å². The van der Waals surface area contributed by atoms with Gasteiger partial charge in [0.2, 0.25) is 5.69 Å². The van der Waals surface area contributed by atoms with Crippen molar-refractivity contribution < 1.29 is 0 Å². The lowest BCUT2D eigenvalue weighted by molar-refractivity contribution is 1.22. The first-order valence-electron chi connectivity index (χ1n) is 2.95. The van der Waals surface area contributed by atoms with Crippen molar-refractivity contribution in [1.29, 1.82) is 0 Å². The number of rotatable bonds is 0. The van der Waals surface area contributed by atoms with Gasteiger partial charge in [0.05, 0.1) is 11.6 Å². The van der Waals surface area contributed by atoms with E-state index in [1.165, 1.54) is 6.07 Å². The molecule has 11 heavy (non-hydrogen) atoms. The van der Waals surface area contributed by atoms with Crippen LogP contribution >= 0.6 is 11.6 Å². The lowest BCUT2D eigenvalue weighted by atomic mass is 10.3. The lowest BCUT2D eigenvalue weighted by Gasteiger charge is -1.99. The molecule has 1 rings (SSSR count). The fraction of sp³-hybridized carbons (Fsp3) is 0.143. The van der Waals surface area contributed by atoms with Crippen LogP contribution in [-0.2, 0) is 0 Å². The van der Waals surface area contributed by atoms with Gasteiger partial charge in [0.25, 0.3) is 0 Å². The van der Waals surface area contributed by atoms with Gasteiger partial charge in [0.1, 0.15) is 5.82 Å². The highest BCUT2D eigenvalue weighted by atomic mass is 35.5. The third-order valence-electron chi connectivity index (χ3n) is 1.25. The van der Waals surface area contributed by atoms with Crippen molar-refractivity contribution in [2.75, 3.05) is 5.73 Å². The molecule has 0 radical (unpaired) electrons. The van der Waals surface area contributed by atoms with Gasteiger partial charge >= 0.3 is 0 Å². The molecule has 0 fully saturated rings. The number of aromatic nitrogens is 1. The minimum atomic E-state index is 0.347. The normalized spacial score (nSPS) is 9.18. The molecule has 1 aromatic rings. The van der Waals surface area contributed by atoms with Gasteiger partial charge in [0, 0.05) is 5.69 Å². The Bertz CT molecular complexity index is 304. The molecular formula is C7H6ClN3. The summed E-state index contributed by atoms with van der Waals surface area (Å²) < 4.78 is 0. The summed E-state index contributed by atoms with van der Waals surface area (Å²) in [5.74, 6) is 0.347. The Hall–Kier alpha value is -1.27. The van der Waals surface area contributed by atoms with Crippen molar-refractivity contribution in [1.82, 2.24) is 4.98 Å². The molecule has 0 aromatic carbocycles. The summed E-state index contributed by atoms with van der Waals surface area (Å²) >= 11 is 5.70. The number of nitrogen functional groups attached to an aromatic ring is 1. The van der Waals surface area contributed by atoms with Gasteiger partial charge in [0.15, 0.2) is 0 Å². The Balaban J connectivity index is 3.40. The first kappa shape index (κ1) is 7.83. The van der Waals surface area contributed by atoms with E-state index >= 15 is 0 Å². The molecule has 0 aliphatic carbocycles. The van der Waals surface area contributed by atoms with Gasteiger partial charge in [-0.05, 0) is 13.0 Å². The Morgan fingerprint density at radius 2 is 2.36 bits per heavy atom. The van der Waals surface area contributed by atoms with Crippen LogP contribution in [0.25, 0.3) is 4.85 Å². The van der Waals surface area contributed by atoms with Crippen molar-refractivity contribution in [3.05, 3.63) is 28.2 Å². The first-order chi connectivity index (χ1) is 5.15. The zero-order valence-electron chi connectivity index (χ0n) is 5.93. The maximum atomic E-state index is 6.76. The quantitative estimate of drug-likeness (QED) is 0.602. The summed E-state index contributed by atoms with van der Waals surface area (Å²) in [6.07, 6.45) is 0. The molecule has 0 bridgehead atoms. The van der Waals surface area contributed by atoms with Crippen molar-refractivity contribution in [3.8, 4) is 0 Å². The third-order valence-corrected chi connectivity index (χ3v) is 1.54. The van der Waals surface area contributed by atoms with E-state index in [0.29, 0.717) is 22.2 Å². The maximum absolute atomic E-state index is 6.76. The van der Waals surface area contributed by atoms with Crippen LogP contribution in [0.2, 0.25) is 5.02 Å². The number of nitrogens with two attached hydrogens (primary N) is 1. The van der Waals surface area contributed by atoms with Crippen LogP contribution in [0.3, 0.4) is 0 Å². The highest BCUT2D eigenvalue weighted by Gasteiger charge is 2.05. The number of halogens is 1. The average Bonchev–Trinajstić information content (AvgIpc) is 1.85. The predicted molar refractivity (Wildman–Crippen MR) is 44.7 cm³/mol. The van der Waals surface area contributed by atoms with E-state index in [9.17, 15) is 0 Å². The molecule has 0 unspecified atom stereocenters. The van der Waals surface area contributed by atoms with Crippen LogP contribution in [0.5, 0.6) is 0 Å². The Labute approximate surface area is 69.6 Å². The topological polar surface area (TPSA) is 43.3 Å². The number of nitrogens with zero attached hydrogens (tertiary/aromatic N) is 2. The summed E-state index contributed by atoms with van der Waals surface area (Å²) in [5.41, 5.74) is 6.33. The van der Waals surface area contributed by atoms with Crippen LogP contribution in [0.4, 0.5) is 11.5 Å². The van der Waals surface area contributed by atoms with Gasteiger partial charge in [-0.15, -0.1) is 0 Å². The first-order valence-corrected chi connectivity index (χ1v) is 3.33. The van der Waals surface area contributed by atoms with Gasteiger partial charge < -0.3 is 5.73 Å². The highest BCUT2D eigenvalue weighted by molar-refractivity contribution is 6.33. The van der Waals surface area contributed by atoms with Gasteiger partial charge in [-0.2, -0.15) is 0 Å². The van der Waals surface area contributed by atoms with Crippen molar-refractivity contribution >= 4 is 23.1 Å². The molecule has 0 amide bonds. The molecule has 1 aromatic heterocycles. The van der Waals surface area contributed by atoms with E-state index in [-0.39, 0.29) is 0 Å². The van der Waals surface area contributed by atoms with Crippen LogP contribution in [0.1, 0.15) is 5.69 Å². The van der Waals surface area contributed by atoms with E-state index in [1.54, 1.807) is 6.92 Å². The molecule has 0 spiro atoms. The van der Waals surface area contributed by atoms with E-state index in [4.69, 9.17) is 23.9 Å². The standard InChI is InChI=1S/C7H6ClN3/c1-4-7(10-2)5(8)3-6(9)11-4/h3H,1H3,(H2,9,11). The Kier molecular flexibility index (Phi) is 1.97. The molecule has 0 aliphatic rings. The molecule has 1 heterocycles. The zero-order chi connectivity index (χ0) is 8.43. The second-order valence-electron chi connectivity index (χ2n) is 2.07. The van der Waals surface area contributed by atoms with Gasteiger partial charge in [-0.3, -0.25) is 0 Å². The average molecular weight is 168 g/mol. The van der Waals surface area contributed by atoms with Gasteiger partial charge in [-0.25, -0.2) is 9.83 Å². The molecule has 0 atom stereocenters. The zero-order valence-corrected chi connectivity index (χ0v) is 6.68. The summed E-state index contributed by atoms with van der Waals surface area (Å²) in [7, 11) is 0. The summed E-state index contributed by atoms with van der Waals surface area (Å²) in [6.45, 7) is 8.46. The fourth-order valence-electron chi connectivity index (χ4n) is 0.784. The van der Waals surface area contributed by atoms with E-state index in [1.807, 2.05) is 0 Å². The minimum absolute atomic E-state index is 0.347. The maximum Gasteiger partial charge on any atom is 0.226 e. The van der Waals surface area contributed by atoms with Crippen LogP contribution < -0.4 is 5.73 Å². The Morgan fingerprint density at radius 3 is 2.82 bits per heavy atom. The predicted octanol–water partition coefficient (Wildman–Crippen LogP) is 2.18. The molecule has 3 nitrogen and oxygen atoms in total. The largest absolute Gasteiger partial charge is 0.384 e. The smallest absolute Gasteiger partial charge is 0.226 e. The number of anilines is 1. The van der Waals surface area contributed by atoms with Crippen molar-refractivity contribution in [3.63, 3.8) is 0 Å².